The van der Waals surface area contributed by atoms with Gasteiger partial charge in [0.05, 0.1) is 6.04 Å². The third-order valence-corrected chi connectivity index (χ3v) is 5.41. The molecule has 0 saturated carbocycles. The van der Waals surface area contributed by atoms with Gasteiger partial charge >= 0.3 is 5.97 Å². The number of hydrogen-bond acceptors (Lipinski definition) is 4. The Labute approximate surface area is 199 Å². The van der Waals surface area contributed by atoms with Crippen LogP contribution in [0.5, 0.6) is 0 Å². The Morgan fingerprint density at radius 3 is 2.12 bits per heavy atom. The van der Waals surface area contributed by atoms with Crippen molar-refractivity contribution in [3.05, 3.63) is 65.2 Å². The van der Waals surface area contributed by atoms with Crippen molar-refractivity contribution in [3.63, 3.8) is 0 Å². The number of anilines is 1. The van der Waals surface area contributed by atoms with Crippen molar-refractivity contribution < 1.29 is 19.5 Å². The molecule has 0 aliphatic carbocycles. The first-order valence-corrected chi connectivity index (χ1v) is 11.4. The number of carbonyl (C=O) groups is 3. The molecule has 0 unspecified atom stereocenters. The molecular formula is C25H32ClN3O4. The van der Waals surface area contributed by atoms with Crippen molar-refractivity contribution in [1.82, 2.24) is 10.6 Å². The fraction of sp³-hybridized carbons (Fsp3) is 0.400. The Morgan fingerprint density at radius 2 is 1.55 bits per heavy atom. The number of aliphatic carboxylic acids is 1. The summed E-state index contributed by atoms with van der Waals surface area (Å²) < 4.78 is 0. The molecule has 0 spiro atoms. The zero-order valence-electron chi connectivity index (χ0n) is 19.2. The number of carboxylic acids is 1. The van der Waals surface area contributed by atoms with Gasteiger partial charge in [0.1, 0.15) is 12.1 Å². The summed E-state index contributed by atoms with van der Waals surface area (Å²) in [4.78, 5) is 37.4. The van der Waals surface area contributed by atoms with E-state index in [2.05, 4.69) is 16.0 Å². The average Bonchev–Trinajstić information content (AvgIpc) is 2.77. The lowest BCUT2D eigenvalue weighted by molar-refractivity contribution is -0.139. The van der Waals surface area contributed by atoms with E-state index in [1.807, 2.05) is 44.2 Å². The smallest absolute Gasteiger partial charge is 0.320 e. The van der Waals surface area contributed by atoms with E-state index in [9.17, 15) is 19.5 Å². The van der Waals surface area contributed by atoms with E-state index in [-0.39, 0.29) is 11.8 Å². The molecule has 0 aliphatic rings. The highest BCUT2D eigenvalue weighted by Gasteiger charge is 2.28. The van der Waals surface area contributed by atoms with Crippen molar-refractivity contribution in [2.45, 2.75) is 58.2 Å². The molecule has 0 bridgehead atoms. The number of para-hydroxylation sites is 1. The van der Waals surface area contributed by atoms with Crippen LogP contribution in [0.15, 0.2) is 54.6 Å². The minimum Gasteiger partial charge on any atom is -0.480 e. The zero-order valence-corrected chi connectivity index (χ0v) is 19.9. The van der Waals surface area contributed by atoms with E-state index in [4.69, 9.17) is 11.6 Å². The second kappa shape index (κ2) is 13.0. The molecule has 0 aliphatic heterocycles. The van der Waals surface area contributed by atoms with Crippen LogP contribution in [0.4, 0.5) is 5.69 Å². The fourth-order valence-corrected chi connectivity index (χ4v) is 3.48. The number of hydrogen-bond donors (Lipinski definition) is 4. The minimum atomic E-state index is -1.06. The van der Waals surface area contributed by atoms with Crippen LogP contribution in [0.25, 0.3) is 0 Å². The summed E-state index contributed by atoms with van der Waals surface area (Å²) >= 11 is 5.94. The molecule has 0 saturated heterocycles. The van der Waals surface area contributed by atoms with Crippen LogP contribution in [0, 0.1) is 5.92 Å². The van der Waals surface area contributed by atoms with Crippen LogP contribution in [-0.4, -0.2) is 41.0 Å². The molecule has 8 heteroatoms. The van der Waals surface area contributed by atoms with Crippen LogP contribution in [-0.2, 0) is 20.8 Å². The van der Waals surface area contributed by atoms with E-state index < -0.39 is 30.0 Å². The lowest BCUT2D eigenvalue weighted by atomic mass is 10.0. The van der Waals surface area contributed by atoms with Gasteiger partial charge in [0.25, 0.3) is 0 Å². The molecular weight excluding hydrogens is 442 g/mol. The predicted octanol–water partition coefficient (Wildman–Crippen LogP) is 3.87. The standard InChI is InChI=1S/C25H32ClN3O4/c1-16(2)15-22(24(31)28-20-7-5-4-6-8-20)29-23(30)21(27-17(3)25(32)33)14-11-18-9-12-19(26)13-10-18/h4-10,12-13,16-17,21-22,27H,11,14-15H2,1-3H3,(H,28,31)(H,29,30)(H,32,33)/t17-,21+,22+/m1/s1. The summed E-state index contributed by atoms with van der Waals surface area (Å²) in [7, 11) is 0. The molecule has 0 fully saturated rings. The molecule has 2 rings (SSSR count). The second-order valence-corrected chi connectivity index (χ2v) is 8.93. The first kappa shape index (κ1) is 26.4. The van der Waals surface area contributed by atoms with Crippen molar-refractivity contribution in [2.75, 3.05) is 5.32 Å². The summed E-state index contributed by atoms with van der Waals surface area (Å²) in [5.41, 5.74) is 1.62. The maximum Gasteiger partial charge on any atom is 0.320 e. The summed E-state index contributed by atoms with van der Waals surface area (Å²) in [6.45, 7) is 5.42. The van der Waals surface area contributed by atoms with Crippen molar-refractivity contribution >= 4 is 35.1 Å². The molecule has 33 heavy (non-hydrogen) atoms. The first-order chi connectivity index (χ1) is 15.7. The number of carboxylic acid groups (broad SMARTS) is 1. The Kier molecular flexibility index (Phi) is 10.4. The molecule has 2 amide bonds. The van der Waals surface area contributed by atoms with Crippen molar-refractivity contribution in [3.8, 4) is 0 Å². The molecule has 0 aromatic heterocycles. The van der Waals surface area contributed by atoms with E-state index in [1.54, 1.807) is 24.3 Å². The highest BCUT2D eigenvalue weighted by atomic mass is 35.5. The SMILES string of the molecule is CC(C)C[C@H](NC(=O)[C@H](CCc1ccc(Cl)cc1)N[C@H](C)C(=O)O)C(=O)Nc1ccccc1. The largest absolute Gasteiger partial charge is 0.480 e. The lowest BCUT2D eigenvalue weighted by Gasteiger charge is -2.25. The average molecular weight is 474 g/mol. The summed E-state index contributed by atoms with van der Waals surface area (Å²) in [6.07, 6.45) is 1.35. The number of nitrogens with one attached hydrogen (secondary N) is 3. The van der Waals surface area contributed by atoms with Crippen LogP contribution in [0.2, 0.25) is 5.02 Å². The van der Waals surface area contributed by atoms with Crippen LogP contribution < -0.4 is 16.0 Å². The van der Waals surface area contributed by atoms with E-state index in [1.165, 1.54) is 6.92 Å². The Morgan fingerprint density at radius 1 is 0.909 bits per heavy atom. The number of carbonyl (C=O) groups excluding carboxylic acids is 2. The molecule has 7 nitrogen and oxygen atoms in total. The minimum absolute atomic E-state index is 0.162. The van der Waals surface area contributed by atoms with Gasteiger partial charge < -0.3 is 15.7 Å². The van der Waals surface area contributed by atoms with Gasteiger partial charge in [0.2, 0.25) is 11.8 Å². The first-order valence-electron chi connectivity index (χ1n) is 11.0. The van der Waals surface area contributed by atoms with Crippen LogP contribution >= 0.6 is 11.6 Å². The Bertz CT molecular complexity index is 919. The summed E-state index contributed by atoms with van der Waals surface area (Å²) in [6, 6.07) is 13.8. The molecule has 2 aromatic rings. The normalized spacial score (nSPS) is 13.7. The number of rotatable bonds is 12. The quantitative estimate of drug-likeness (QED) is 0.374. The number of aryl methyl sites for hydroxylation is 1. The van der Waals surface area contributed by atoms with Crippen molar-refractivity contribution in [2.24, 2.45) is 5.92 Å². The molecule has 3 atom stereocenters. The third kappa shape index (κ3) is 9.24. The van der Waals surface area contributed by atoms with Gasteiger partial charge in [-0.15, -0.1) is 0 Å². The van der Waals surface area contributed by atoms with Crippen LogP contribution in [0.1, 0.15) is 39.2 Å². The summed E-state index contributed by atoms with van der Waals surface area (Å²) in [5.74, 6) is -1.62. The van der Waals surface area contributed by atoms with Gasteiger partial charge in [-0.1, -0.05) is 55.8 Å². The lowest BCUT2D eigenvalue weighted by Crippen LogP contribution is -2.54. The van der Waals surface area contributed by atoms with Gasteiger partial charge in [0.15, 0.2) is 0 Å². The van der Waals surface area contributed by atoms with Gasteiger partial charge in [-0.2, -0.15) is 0 Å². The second-order valence-electron chi connectivity index (χ2n) is 8.49. The topological polar surface area (TPSA) is 108 Å². The Hall–Kier alpha value is -2.90. The van der Waals surface area contributed by atoms with Crippen molar-refractivity contribution in [1.29, 1.82) is 0 Å². The third-order valence-electron chi connectivity index (χ3n) is 5.15. The fourth-order valence-electron chi connectivity index (χ4n) is 3.35. The predicted molar refractivity (Wildman–Crippen MR) is 130 cm³/mol. The van der Waals surface area contributed by atoms with E-state index in [0.717, 1.165) is 5.56 Å². The molecule has 4 N–H and O–H groups in total. The molecule has 0 heterocycles. The highest BCUT2D eigenvalue weighted by molar-refractivity contribution is 6.30. The maximum atomic E-state index is 13.2. The summed E-state index contributed by atoms with van der Waals surface area (Å²) in [5, 5.41) is 18.5. The molecule has 178 valence electrons. The zero-order chi connectivity index (χ0) is 24.4. The monoisotopic (exact) mass is 473 g/mol. The van der Waals surface area contributed by atoms with Gasteiger partial charge in [-0.3, -0.25) is 19.7 Å². The van der Waals surface area contributed by atoms with E-state index in [0.29, 0.717) is 30.0 Å². The van der Waals surface area contributed by atoms with E-state index >= 15 is 0 Å². The number of benzene rings is 2. The number of halogens is 1. The number of amides is 2. The molecule has 0 radical (unpaired) electrons. The van der Waals surface area contributed by atoms with Crippen LogP contribution in [0.3, 0.4) is 0 Å². The van der Waals surface area contributed by atoms with Gasteiger partial charge in [-0.05, 0) is 61.9 Å². The molecule has 2 aromatic carbocycles. The maximum absolute atomic E-state index is 13.2. The van der Waals surface area contributed by atoms with Gasteiger partial charge in [-0.25, -0.2) is 0 Å². The highest BCUT2D eigenvalue weighted by Crippen LogP contribution is 2.14. The van der Waals surface area contributed by atoms with Gasteiger partial charge in [0, 0.05) is 10.7 Å². The Balaban J connectivity index is 2.12.